The minimum Gasteiger partial charge on any atom is -0.444 e. The summed E-state index contributed by atoms with van der Waals surface area (Å²) in [6.07, 6.45) is 3.49. The zero-order chi connectivity index (χ0) is 67.9. The number of likely N-dealkylation sites (N-methyl/N-ethyl adjacent to an activating group) is 2. The lowest BCUT2D eigenvalue weighted by molar-refractivity contribution is -0.144. The Morgan fingerprint density at radius 1 is 0.489 bits per heavy atom. The second-order valence-electron chi connectivity index (χ2n) is 29.1. The van der Waals surface area contributed by atoms with Gasteiger partial charge in [0.25, 0.3) is 0 Å². The molecule has 92 heavy (non-hydrogen) atoms. The zero-order valence-corrected chi connectivity index (χ0v) is 56.5. The highest BCUT2D eigenvalue weighted by atomic mass is 16.6. The fourth-order valence-electron chi connectivity index (χ4n) is 12.0. The minimum absolute atomic E-state index is 0.0511. The van der Waals surface area contributed by atoms with Crippen LogP contribution in [-0.2, 0) is 51.1 Å². The molecule has 502 valence electrons. The number of nitrogens with one attached hydrogen (secondary N) is 8. The van der Waals surface area contributed by atoms with Crippen molar-refractivity contribution in [2.24, 2.45) is 10.8 Å². The maximum absolute atomic E-state index is 14.9. The smallest absolute Gasteiger partial charge is 0.410 e. The first-order valence-corrected chi connectivity index (χ1v) is 32.0. The lowest BCUT2D eigenvalue weighted by atomic mass is 9.85. The highest BCUT2D eigenvalue weighted by Gasteiger charge is 2.49. The van der Waals surface area contributed by atoms with Gasteiger partial charge in [-0.05, 0) is 164 Å². The number of amides is 12. The first-order valence-electron chi connectivity index (χ1n) is 32.0. The normalized spacial score (nSPS) is 21.0. The Hall–Kier alpha value is -8.44. The fraction of sp³-hybridized carbons (Fsp3) is 0.588. The number of anilines is 2. The van der Waals surface area contributed by atoms with Gasteiger partial charge in [0.15, 0.2) is 0 Å². The summed E-state index contributed by atoms with van der Waals surface area (Å²) in [7, 11) is 2.87. The average Bonchev–Trinajstić information content (AvgIpc) is 1.58. The van der Waals surface area contributed by atoms with E-state index < -0.39 is 130 Å². The molecule has 2 saturated heterocycles. The van der Waals surface area contributed by atoms with E-state index in [4.69, 9.17) is 9.47 Å². The number of likely N-dealkylation sites (tertiary alicyclic amines) is 2. The van der Waals surface area contributed by atoms with Crippen LogP contribution in [0.2, 0.25) is 0 Å². The summed E-state index contributed by atoms with van der Waals surface area (Å²) in [6.45, 7) is 23.9. The van der Waals surface area contributed by atoms with Crippen LogP contribution in [0.3, 0.4) is 0 Å². The Bertz CT molecular complexity index is 3010. The number of nitrogens with zero attached hydrogens (tertiary/aromatic N) is 4. The molecule has 7 rings (SSSR count). The first kappa shape index (κ1) is 71.0. The molecule has 0 spiro atoms. The van der Waals surface area contributed by atoms with Gasteiger partial charge in [0, 0.05) is 38.6 Å². The van der Waals surface area contributed by atoms with Gasteiger partial charge in [-0.3, -0.25) is 38.6 Å². The van der Waals surface area contributed by atoms with Crippen LogP contribution in [0, 0.1) is 10.8 Å². The minimum atomic E-state index is -1.16. The Labute approximate surface area is 541 Å². The van der Waals surface area contributed by atoms with Crippen molar-refractivity contribution in [2.45, 2.75) is 220 Å². The van der Waals surface area contributed by atoms with Gasteiger partial charge in [0.05, 0.1) is 24.2 Å². The molecule has 2 aliphatic heterocycles. The standard InChI is InChI=1S/C68H98N12O12/c1-39(77(15)63(89)91-67(9,10)11)55(81)75-53(65(3,4)5)59(85)79-37-45(35-51(79)57(83)73-49-29-21-25-41-23-17-19-27-47(41)49)71-61(87)69-43-31-33-44(34-32-43)70-62(88)72-46-36-52(58(84)74-50-30-22-26-42-24-18-20-28-48(42)50)80(38-46)60(86)54(66(6,7)8)76-56(82)40(2)78(16)64(90)92-68(12,13)14/h17-20,23-24,27-28,31-34,39-40,45-46,49-54H,21-22,25-26,29-30,35-38H2,1-16H3,(H,73,83)(H,74,84)(H,75,81)(H,76,82)(H2,69,71,87)(H2,70,72,88)/t39-,40-,45-,46-,49+,50+,51-,52?,53+,54+/m0/s1. The van der Waals surface area contributed by atoms with Gasteiger partial charge in [0.1, 0.15) is 47.5 Å². The van der Waals surface area contributed by atoms with Crippen LogP contribution in [0.5, 0.6) is 0 Å². The first-order chi connectivity index (χ1) is 42.9. The van der Waals surface area contributed by atoms with Gasteiger partial charge in [-0.2, -0.15) is 0 Å². The number of carbonyl (C=O) groups excluding carboxylic acids is 10. The van der Waals surface area contributed by atoms with E-state index in [1.54, 1.807) is 107 Å². The number of fused-ring (bicyclic) bond motifs is 2. The monoisotopic (exact) mass is 1270 g/mol. The Kier molecular flexibility index (Phi) is 22.4. The van der Waals surface area contributed by atoms with Crippen molar-refractivity contribution in [1.29, 1.82) is 0 Å². The van der Waals surface area contributed by atoms with Crippen molar-refractivity contribution in [3.8, 4) is 0 Å². The molecule has 0 bridgehead atoms. The largest absolute Gasteiger partial charge is 0.444 e. The third-order valence-corrected chi connectivity index (χ3v) is 17.3. The molecule has 1 unspecified atom stereocenters. The van der Waals surface area contributed by atoms with Gasteiger partial charge in [-0.25, -0.2) is 19.2 Å². The Morgan fingerprint density at radius 3 is 1.15 bits per heavy atom. The average molecular weight is 1280 g/mol. The summed E-state index contributed by atoms with van der Waals surface area (Å²) < 4.78 is 11.0. The quantitative estimate of drug-likeness (QED) is 0.0681. The maximum Gasteiger partial charge on any atom is 0.410 e. The number of rotatable bonds is 16. The van der Waals surface area contributed by atoms with Crippen LogP contribution in [0.25, 0.3) is 0 Å². The second-order valence-corrected chi connectivity index (χ2v) is 29.1. The number of ether oxygens (including phenoxy) is 2. The molecule has 0 aromatic heterocycles. The van der Waals surface area contributed by atoms with Gasteiger partial charge >= 0.3 is 24.2 Å². The van der Waals surface area contributed by atoms with E-state index in [2.05, 4.69) is 42.5 Å². The summed E-state index contributed by atoms with van der Waals surface area (Å²) >= 11 is 0. The molecule has 3 aromatic carbocycles. The van der Waals surface area contributed by atoms with E-state index in [0.717, 1.165) is 57.7 Å². The van der Waals surface area contributed by atoms with Crippen LogP contribution < -0.4 is 42.5 Å². The Morgan fingerprint density at radius 2 is 0.826 bits per heavy atom. The molecule has 0 saturated carbocycles. The van der Waals surface area contributed by atoms with E-state index in [1.807, 2.05) is 48.5 Å². The second kappa shape index (κ2) is 29.0. The third-order valence-electron chi connectivity index (χ3n) is 17.3. The summed E-state index contributed by atoms with van der Waals surface area (Å²) in [6, 6.07) is 12.3. The molecule has 3 aromatic rings. The van der Waals surface area contributed by atoms with Crippen molar-refractivity contribution in [3.05, 3.63) is 95.1 Å². The van der Waals surface area contributed by atoms with Crippen LogP contribution in [0.15, 0.2) is 72.8 Å². The fourth-order valence-corrected chi connectivity index (χ4v) is 12.0. The molecular formula is C68H98N12O12. The summed E-state index contributed by atoms with van der Waals surface area (Å²) in [5, 5.41) is 23.6. The predicted octanol–water partition coefficient (Wildman–Crippen LogP) is 7.83. The van der Waals surface area contributed by atoms with E-state index in [-0.39, 0.29) is 38.0 Å². The van der Waals surface area contributed by atoms with E-state index in [9.17, 15) is 47.9 Å². The molecule has 8 N–H and O–H groups in total. The van der Waals surface area contributed by atoms with E-state index in [0.29, 0.717) is 24.2 Å². The zero-order valence-electron chi connectivity index (χ0n) is 56.5. The number of urea groups is 2. The highest BCUT2D eigenvalue weighted by molar-refractivity contribution is 5.97. The lowest BCUT2D eigenvalue weighted by Gasteiger charge is -2.37. The summed E-state index contributed by atoms with van der Waals surface area (Å²) in [5.41, 5.74) is 1.55. The molecule has 24 nitrogen and oxygen atoms in total. The number of hydrogen-bond acceptors (Lipinski definition) is 12. The summed E-state index contributed by atoms with van der Waals surface area (Å²) in [4.78, 5) is 145. The molecule has 12 amide bonds. The van der Waals surface area contributed by atoms with Crippen molar-refractivity contribution >= 4 is 71.1 Å². The van der Waals surface area contributed by atoms with Crippen LogP contribution >= 0.6 is 0 Å². The van der Waals surface area contributed by atoms with Gasteiger partial charge < -0.3 is 61.8 Å². The van der Waals surface area contributed by atoms with E-state index >= 15 is 0 Å². The van der Waals surface area contributed by atoms with Gasteiger partial charge in [-0.1, -0.05) is 90.1 Å². The van der Waals surface area contributed by atoms with Crippen LogP contribution in [0.1, 0.15) is 170 Å². The molecule has 2 heterocycles. The molecular weight excluding hydrogens is 1180 g/mol. The van der Waals surface area contributed by atoms with Crippen molar-refractivity contribution in [3.63, 3.8) is 0 Å². The number of benzene rings is 3. The van der Waals surface area contributed by atoms with Gasteiger partial charge in [-0.15, -0.1) is 0 Å². The van der Waals surface area contributed by atoms with Crippen molar-refractivity contribution < 1.29 is 57.4 Å². The topological polar surface area (TPSA) is 298 Å². The van der Waals surface area contributed by atoms with Gasteiger partial charge in [0.2, 0.25) is 35.4 Å². The SMILES string of the molecule is C[C@@H](C(=O)N[C@H](C(=O)N1C[C@@H](NC(=O)Nc2ccc(NC(=O)N[C@H]3C[C@@H](C(=O)N[C@@H]4CCCc5ccccc54)N(C(=O)[C@@H](NC(=O)[C@H](C)N(C)C(=O)OC(C)(C)C)C(C)(C)C)C3)cc2)CC1C(=O)N[C@@H]1CCCc2ccccc21)C(C)(C)C)N(C)C(=O)OC(C)(C)C. The predicted molar refractivity (Wildman–Crippen MR) is 349 cm³/mol. The van der Waals surface area contributed by atoms with Crippen LogP contribution in [0.4, 0.5) is 30.6 Å². The highest BCUT2D eigenvalue weighted by Crippen LogP contribution is 2.34. The summed E-state index contributed by atoms with van der Waals surface area (Å²) in [5.74, 6) is -3.13. The Balaban J connectivity index is 1.02. The molecule has 2 fully saturated rings. The third kappa shape index (κ3) is 18.4. The van der Waals surface area contributed by atoms with Crippen LogP contribution in [-0.4, -0.2) is 166 Å². The molecule has 10 atom stereocenters. The van der Waals surface area contributed by atoms with E-state index in [1.165, 1.54) is 37.7 Å². The molecule has 2 aliphatic carbocycles. The van der Waals surface area contributed by atoms with Crippen molar-refractivity contribution in [1.82, 2.24) is 51.5 Å². The molecule has 24 heteroatoms. The lowest BCUT2D eigenvalue weighted by Crippen LogP contribution is -2.60. The number of hydrogen-bond donors (Lipinski definition) is 8. The molecule has 4 aliphatic rings. The van der Waals surface area contributed by atoms with Crippen molar-refractivity contribution in [2.75, 3.05) is 37.8 Å². The maximum atomic E-state index is 14.9. The number of aryl methyl sites for hydroxylation is 2. The molecule has 0 radical (unpaired) electrons. The number of carbonyl (C=O) groups is 10.